The van der Waals surface area contributed by atoms with Crippen LogP contribution in [-0.4, -0.2) is 49.7 Å². The third-order valence-electron chi connectivity index (χ3n) is 6.22. The average Bonchev–Trinajstić information content (AvgIpc) is 2.60. The Morgan fingerprint density at radius 1 is 1.08 bits per heavy atom. The summed E-state index contributed by atoms with van der Waals surface area (Å²) in [5.74, 6) is 0.219. The van der Waals surface area contributed by atoms with E-state index in [-0.39, 0.29) is 23.4 Å². The molecule has 5 nitrogen and oxygen atoms in total. The van der Waals surface area contributed by atoms with Crippen molar-refractivity contribution in [1.29, 1.82) is 0 Å². The van der Waals surface area contributed by atoms with Crippen molar-refractivity contribution in [1.82, 2.24) is 4.90 Å². The van der Waals surface area contributed by atoms with Gasteiger partial charge in [-0.3, -0.25) is 14.5 Å². The average molecular weight is 370 g/mol. The smallest absolute Gasteiger partial charge is 0.308 e. The summed E-state index contributed by atoms with van der Waals surface area (Å²) in [6.45, 7) is 6.79. The highest BCUT2D eigenvalue weighted by molar-refractivity contribution is 5.72. The highest BCUT2D eigenvalue weighted by Crippen LogP contribution is 2.39. The number of rotatable bonds is 10. The lowest BCUT2D eigenvalue weighted by Gasteiger charge is -2.49. The van der Waals surface area contributed by atoms with Crippen molar-refractivity contribution in [2.24, 2.45) is 11.8 Å². The Kier molecular flexibility index (Phi) is 9.62. The molecule has 0 aromatic heterocycles. The van der Waals surface area contributed by atoms with Gasteiger partial charge in [0.15, 0.2) is 0 Å². The molecule has 5 heteroatoms. The van der Waals surface area contributed by atoms with Gasteiger partial charge in [-0.2, -0.15) is 0 Å². The largest absolute Gasteiger partial charge is 0.469 e. The van der Waals surface area contributed by atoms with E-state index in [4.69, 9.17) is 4.74 Å². The van der Waals surface area contributed by atoms with Crippen molar-refractivity contribution < 1.29 is 19.1 Å². The number of nitrogens with zero attached hydrogens (tertiary/aromatic N) is 1. The molecule has 1 fully saturated rings. The van der Waals surface area contributed by atoms with Crippen LogP contribution in [0, 0.1) is 11.8 Å². The van der Waals surface area contributed by atoms with E-state index in [1.54, 1.807) is 0 Å². The summed E-state index contributed by atoms with van der Waals surface area (Å²) in [5, 5.41) is 0. The molecule has 0 aromatic rings. The topological polar surface area (TPSA) is 55.8 Å². The molecule has 1 aliphatic rings. The number of piperidine rings is 1. The summed E-state index contributed by atoms with van der Waals surface area (Å²) in [4.78, 5) is 25.9. The van der Waals surface area contributed by atoms with Crippen LogP contribution in [0.2, 0.25) is 0 Å². The molecular formula is C21H39NO4. The predicted molar refractivity (Wildman–Crippen MR) is 104 cm³/mol. The van der Waals surface area contributed by atoms with Crippen LogP contribution in [0.15, 0.2) is 0 Å². The SMILES string of the molecule is COC(=O)CCCCCCCC(C(=O)OC)C1CC(C)N(C)C(C)(C)C1. The van der Waals surface area contributed by atoms with E-state index in [9.17, 15) is 9.59 Å². The highest BCUT2D eigenvalue weighted by atomic mass is 16.5. The summed E-state index contributed by atoms with van der Waals surface area (Å²) >= 11 is 0. The molecule has 0 bridgehead atoms. The third kappa shape index (κ3) is 6.90. The van der Waals surface area contributed by atoms with Gasteiger partial charge in [-0.1, -0.05) is 25.7 Å². The zero-order chi connectivity index (χ0) is 19.7. The number of unbranched alkanes of at least 4 members (excludes halogenated alkanes) is 4. The molecule has 0 aliphatic carbocycles. The molecule has 3 unspecified atom stereocenters. The minimum absolute atomic E-state index is 0.00509. The molecule has 1 aliphatic heterocycles. The van der Waals surface area contributed by atoms with Gasteiger partial charge in [-0.25, -0.2) is 0 Å². The predicted octanol–water partition coefficient (Wildman–Crippen LogP) is 4.19. The second-order valence-electron chi connectivity index (χ2n) is 8.48. The first-order chi connectivity index (χ1) is 12.2. The van der Waals surface area contributed by atoms with Crippen molar-refractivity contribution in [2.75, 3.05) is 21.3 Å². The molecule has 1 saturated heterocycles. The van der Waals surface area contributed by atoms with Gasteiger partial charge in [0.1, 0.15) is 0 Å². The number of hydrogen-bond acceptors (Lipinski definition) is 5. The van der Waals surface area contributed by atoms with Crippen molar-refractivity contribution in [3.63, 3.8) is 0 Å². The van der Waals surface area contributed by atoms with Gasteiger partial charge in [-0.15, -0.1) is 0 Å². The quantitative estimate of drug-likeness (QED) is 0.427. The van der Waals surface area contributed by atoms with Gasteiger partial charge in [0.2, 0.25) is 0 Å². The van der Waals surface area contributed by atoms with Crippen LogP contribution in [0.25, 0.3) is 0 Å². The van der Waals surface area contributed by atoms with Gasteiger partial charge in [0.25, 0.3) is 0 Å². The second-order valence-corrected chi connectivity index (χ2v) is 8.48. The summed E-state index contributed by atoms with van der Waals surface area (Å²) in [6.07, 6.45) is 8.65. The zero-order valence-electron chi connectivity index (χ0n) is 17.7. The Bertz CT molecular complexity index is 449. The van der Waals surface area contributed by atoms with Crippen LogP contribution in [-0.2, 0) is 19.1 Å². The zero-order valence-corrected chi connectivity index (χ0v) is 17.7. The van der Waals surface area contributed by atoms with Crippen LogP contribution in [0.3, 0.4) is 0 Å². The molecule has 0 radical (unpaired) electrons. The Morgan fingerprint density at radius 3 is 2.27 bits per heavy atom. The first-order valence-electron chi connectivity index (χ1n) is 10.1. The minimum atomic E-state index is -0.130. The van der Waals surface area contributed by atoms with Crippen LogP contribution >= 0.6 is 0 Å². The lowest BCUT2D eigenvalue weighted by Crippen LogP contribution is -2.53. The maximum Gasteiger partial charge on any atom is 0.308 e. The molecule has 1 rings (SSSR count). The molecular weight excluding hydrogens is 330 g/mol. The van der Waals surface area contributed by atoms with E-state index >= 15 is 0 Å². The van der Waals surface area contributed by atoms with Crippen LogP contribution in [0.4, 0.5) is 0 Å². The third-order valence-corrected chi connectivity index (χ3v) is 6.22. The fourth-order valence-electron chi connectivity index (χ4n) is 4.33. The molecule has 0 N–H and O–H groups in total. The summed E-state index contributed by atoms with van der Waals surface area (Å²) in [7, 11) is 5.12. The molecule has 0 saturated carbocycles. The van der Waals surface area contributed by atoms with Crippen molar-refractivity contribution >= 4 is 11.9 Å². The first kappa shape index (κ1) is 22.9. The minimum Gasteiger partial charge on any atom is -0.469 e. The Balaban J connectivity index is 2.45. The molecule has 26 heavy (non-hydrogen) atoms. The molecule has 1 heterocycles. The molecule has 3 atom stereocenters. The van der Waals surface area contributed by atoms with Crippen molar-refractivity contribution in [2.45, 2.75) is 90.1 Å². The van der Waals surface area contributed by atoms with Gasteiger partial charge >= 0.3 is 11.9 Å². The number of likely N-dealkylation sites (tertiary alicyclic amines) is 1. The molecule has 0 spiro atoms. The lowest BCUT2D eigenvalue weighted by atomic mass is 9.72. The van der Waals surface area contributed by atoms with E-state index in [0.29, 0.717) is 18.4 Å². The van der Waals surface area contributed by atoms with Crippen molar-refractivity contribution in [3.8, 4) is 0 Å². The maximum absolute atomic E-state index is 12.4. The van der Waals surface area contributed by atoms with Gasteiger partial charge in [0.05, 0.1) is 20.1 Å². The number of carbonyl (C=O) groups is 2. The van der Waals surface area contributed by atoms with Crippen LogP contribution < -0.4 is 0 Å². The van der Waals surface area contributed by atoms with E-state index in [1.807, 2.05) is 0 Å². The summed E-state index contributed by atoms with van der Waals surface area (Å²) < 4.78 is 9.78. The van der Waals surface area contributed by atoms with Gasteiger partial charge in [0, 0.05) is 18.0 Å². The van der Waals surface area contributed by atoms with Crippen LogP contribution in [0.1, 0.15) is 78.6 Å². The van der Waals surface area contributed by atoms with E-state index in [1.165, 1.54) is 14.2 Å². The Labute approximate surface area is 159 Å². The van der Waals surface area contributed by atoms with Crippen LogP contribution in [0.5, 0.6) is 0 Å². The van der Waals surface area contributed by atoms with Crippen molar-refractivity contribution in [3.05, 3.63) is 0 Å². The highest BCUT2D eigenvalue weighted by Gasteiger charge is 2.41. The maximum atomic E-state index is 12.4. The lowest BCUT2D eigenvalue weighted by molar-refractivity contribution is -0.150. The van der Waals surface area contributed by atoms with E-state index in [0.717, 1.165) is 51.4 Å². The standard InChI is InChI=1S/C21H39NO4/c1-16-14-17(15-21(2,3)22(16)4)18(20(24)26-6)12-10-8-7-9-11-13-19(23)25-5/h16-18H,7-15H2,1-6H3. The Hall–Kier alpha value is -1.10. The monoisotopic (exact) mass is 369 g/mol. The fraction of sp³-hybridized carbons (Fsp3) is 0.905. The molecule has 0 amide bonds. The van der Waals surface area contributed by atoms with Gasteiger partial charge in [-0.05, 0) is 59.4 Å². The number of esters is 2. The summed E-state index contributed by atoms with van der Waals surface area (Å²) in [5.41, 5.74) is 0.114. The first-order valence-corrected chi connectivity index (χ1v) is 10.1. The normalized spacial score (nSPS) is 24.1. The summed E-state index contributed by atoms with van der Waals surface area (Å²) in [6, 6.07) is 0.481. The van der Waals surface area contributed by atoms with E-state index < -0.39 is 0 Å². The molecule has 152 valence electrons. The fourth-order valence-corrected chi connectivity index (χ4v) is 4.33. The molecule has 0 aromatic carbocycles. The number of hydrogen-bond donors (Lipinski definition) is 0. The number of methoxy groups -OCH3 is 2. The Morgan fingerprint density at radius 2 is 1.69 bits per heavy atom. The number of ether oxygens (including phenoxy) is 2. The van der Waals surface area contributed by atoms with Gasteiger partial charge < -0.3 is 9.47 Å². The second kappa shape index (κ2) is 10.9. The number of carbonyl (C=O) groups excluding carboxylic acids is 2. The van der Waals surface area contributed by atoms with E-state index in [2.05, 4.69) is 37.5 Å².